The molecule has 10 heteroatoms. The van der Waals surface area contributed by atoms with Gasteiger partial charge in [0.1, 0.15) is 11.8 Å². The average molecular weight is 665 g/mol. The normalized spacial score (nSPS) is 20.9. The lowest BCUT2D eigenvalue weighted by molar-refractivity contribution is -0.138. The molecule has 2 N–H and O–H groups in total. The number of nitrogens with two attached hydrogens (primary N) is 1. The van der Waals surface area contributed by atoms with Gasteiger partial charge in [0.2, 0.25) is 15.9 Å². The van der Waals surface area contributed by atoms with Gasteiger partial charge < -0.3 is 15.4 Å². The first-order chi connectivity index (χ1) is 22.3. The molecule has 6 rings (SSSR count). The molecule has 3 aromatic rings. The van der Waals surface area contributed by atoms with Crippen molar-refractivity contribution in [2.24, 2.45) is 11.7 Å². The first-order valence-corrected chi connectivity index (χ1v) is 18.4. The summed E-state index contributed by atoms with van der Waals surface area (Å²) < 4.78 is 35.6. The van der Waals surface area contributed by atoms with Crippen LogP contribution in [0.3, 0.4) is 0 Å². The maximum absolute atomic E-state index is 14.1. The van der Waals surface area contributed by atoms with Crippen molar-refractivity contribution in [1.82, 2.24) is 14.1 Å². The van der Waals surface area contributed by atoms with Crippen molar-refractivity contribution >= 4 is 27.5 Å². The minimum absolute atomic E-state index is 0.0708. The quantitative estimate of drug-likeness (QED) is 0.311. The average Bonchev–Trinajstić information content (AvgIpc) is 3.09. The predicted molar refractivity (Wildman–Crippen MR) is 182 cm³/mol. The molecule has 0 unspecified atom stereocenters. The van der Waals surface area contributed by atoms with Crippen molar-refractivity contribution in [3.8, 4) is 16.9 Å². The SMILES string of the molecule is NC1CCN(C(=O)[C@@H]2CN(Cc3ccc(-c4ccc(Cl)cc4)cc3)CCN2S(=O)(=O)c2ccc(OCC3CCCCC3)cc2)CC1. The molecule has 3 aliphatic rings. The molecule has 0 aromatic heterocycles. The van der Waals surface area contributed by atoms with Gasteiger partial charge in [-0.3, -0.25) is 9.69 Å². The molecule has 0 radical (unpaired) electrons. The number of carbonyl (C=O) groups excluding carboxylic acids is 1. The zero-order valence-corrected chi connectivity index (χ0v) is 28.0. The van der Waals surface area contributed by atoms with E-state index >= 15 is 0 Å². The van der Waals surface area contributed by atoms with E-state index in [4.69, 9.17) is 22.1 Å². The van der Waals surface area contributed by atoms with Crippen molar-refractivity contribution in [2.75, 3.05) is 39.3 Å². The number of rotatable bonds is 9. The van der Waals surface area contributed by atoms with Crippen LogP contribution in [-0.2, 0) is 21.4 Å². The van der Waals surface area contributed by atoms with Crippen LogP contribution in [0.4, 0.5) is 0 Å². The molecular formula is C36H45ClN4O4S. The Morgan fingerprint density at radius 2 is 1.43 bits per heavy atom. The van der Waals surface area contributed by atoms with Gasteiger partial charge in [-0.05, 0) is 84.7 Å². The molecule has 3 aromatic carbocycles. The van der Waals surface area contributed by atoms with E-state index < -0.39 is 16.1 Å². The van der Waals surface area contributed by atoms with Crippen molar-refractivity contribution < 1.29 is 17.9 Å². The summed E-state index contributed by atoms with van der Waals surface area (Å²) in [6.45, 7) is 3.45. The van der Waals surface area contributed by atoms with Gasteiger partial charge in [-0.25, -0.2) is 8.42 Å². The zero-order chi connectivity index (χ0) is 32.1. The van der Waals surface area contributed by atoms with E-state index in [0.29, 0.717) is 56.0 Å². The summed E-state index contributed by atoms with van der Waals surface area (Å²) >= 11 is 6.05. The van der Waals surface area contributed by atoms with Gasteiger partial charge in [0, 0.05) is 50.3 Å². The highest BCUT2D eigenvalue weighted by atomic mass is 35.5. The van der Waals surface area contributed by atoms with Crippen LogP contribution in [0, 0.1) is 5.92 Å². The Morgan fingerprint density at radius 3 is 2.09 bits per heavy atom. The number of piperazine rings is 1. The smallest absolute Gasteiger partial charge is 0.243 e. The molecule has 1 atom stereocenters. The first kappa shape index (κ1) is 33.0. The largest absolute Gasteiger partial charge is 0.493 e. The number of nitrogens with zero attached hydrogens (tertiary/aromatic N) is 3. The molecule has 2 heterocycles. The summed E-state index contributed by atoms with van der Waals surface area (Å²) in [4.78, 5) is 18.1. The number of halogens is 1. The summed E-state index contributed by atoms with van der Waals surface area (Å²) in [6.07, 6.45) is 7.61. The summed E-state index contributed by atoms with van der Waals surface area (Å²) in [6, 6.07) is 22.1. The van der Waals surface area contributed by atoms with E-state index in [1.54, 1.807) is 29.2 Å². The van der Waals surface area contributed by atoms with Crippen molar-refractivity contribution in [3.05, 3.63) is 83.4 Å². The number of benzene rings is 3. The Hall–Kier alpha value is -2.95. The second-order valence-electron chi connectivity index (χ2n) is 13.0. The summed E-state index contributed by atoms with van der Waals surface area (Å²) in [5.41, 5.74) is 9.41. The van der Waals surface area contributed by atoms with Crippen LogP contribution in [0.25, 0.3) is 11.1 Å². The number of carbonyl (C=O) groups is 1. The fourth-order valence-electron chi connectivity index (χ4n) is 6.90. The number of ether oxygens (including phenoxy) is 1. The summed E-state index contributed by atoms with van der Waals surface area (Å²) in [5.74, 6) is 1.09. The van der Waals surface area contributed by atoms with Crippen molar-refractivity contribution in [1.29, 1.82) is 0 Å². The third-order valence-electron chi connectivity index (χ3n) is 9.73. The highest BCUT2D eigenvalue weighted by molar-refractivity contribution is 7.89. The molecule has 46 heavy (non-hydrogen) atoms. The van der Waals surface area contributed by atoms with Crippen LogP contribution >= 0.6 is 11.6 Å². The van der Waals surface area contributed by atoms with Crippen LogP contribution in [0.1, 0.15) is 50.5 Å². The van der Waals surface area contributed by atoms with Gasteiger partial charge in [0.05, 0.1) is 11.5 Å². The molecule has 1 saturated carbocycles. The number of piperidine rings is 1. The van der Waals surface area contributed by atoms with Crippen LogP contribution in [-0.4, -0.2) is 79.8 Å². The second kappa shape index (κ2) is 14.9. The van der Waals surface area contributed by atoms with E-state index in [2.05, 4.69) is 29.2 Å². The lowest BCUT2D eigenvalue weighted by Crippen LogP contribution is -2.61. The zero-order valence-electron chi connectivity index (χ0n) is 26.4. The second-order valence-corrected chi connectivity index (χ2v) is 15.3. The lowest BCUT2D eigenvalue weighted by atomic mass is 9.90. The Labute approximate surface area is 278 Å². The van der Waals surface area contributed by atoms with E-state index in [1.165, 1.54) is 36.4 Å². The first-order valence-electron chi connectivity index (χ1n) is 16.6. The lowest BCUT2D eigenvalue weighted by Gasteiger charge is -2.42. The van der Waals surface area contributed by atoms with E-state index in [9.17, 15) is 13.2 Å². The molecule has 3 fully saturated rings. The minimum atomic E-state index is -3.92. The van der Waals surface area contributed by atoms with E-state index in [0.717, 1.165) is 29.5 Å². The molecule has 2 saturated heterocycles. The molecule has 1 aliphatic carbocycles. The summed E-state index contributed by atoms with van der Waals surface area (Å²) in [7, 11) is -3.92. The topological polar surface area (TPSA) is 96.2 Å². The van der Waals surface area contributed by atoms with Crippen molar-refractivity contribution in [3.63, 3.8) is 0 Å². The molecular weight excluding hydrogens is 620 g/mol. The molecule has 1 amide bonds. The maximum Gasteiger partial charge on any atom is 0.243 e. The number of likely N-dealkylation sites (tertiary alicyclic amines) is 1. The summed E-state index contributed by atoms with van der Waals surface area (Å²) in [5, 5.41) is 0.703. The highest BCUT2D eigenvalue weighted by Gasteiger charge is 2.42. The monoisotopic (exact) mass is 664 g/mol. The Kier molecular flexibility index (Phi) is 10.7. The van der Waals surface area contributed by atoms with Gasteiger partial charge in [0.25, 0.3) is 0 Å². The molecule has 246 valence electrons. The third-order valence-corrected chi connectivity index (χ3v) is 11.9. The van der Waals surface area contributed by atoms with Gasteiger partial charge in [-0.15, -0.1) is 0 Å². The fraction of sp³-hybridized carbons (Fsp3) is 0.472. The van der Waals surface area contributed by atoms with Crippen LogP contribution in [0.5, 0.6) is 5.75 Å². The number of amides is 1. The maximum atomic E-state index is 14.1. The van der Waals surface area contributed by atoms with E-state index in [1.807, 2.05) is 24.3 Å². The van der Waals surface area contributed by atoms with Gasteiger partial charge in [-0.1, -0.05) is 67.3 Å². The predicted octanol–water partition coefficient (Wildman–Crippen LogP) is 5.79. The van der Waals surface area contributed by atoms with Gasteiger partial charge in [-0.2, -0.15) is 4.31 Å². The highest BCUT2D eigenvalue weighted by Crippen LogP contribution is 2.29. The minimum Gasteiger partial charge on any atom is -0.493 e. The molecule has 0 bridgehead atoms. The van der Waals surface area contributed by atoms with Crippen LogP contribution < -0.4 is 10.5 Å². The van der Waals surface area contributed by atoms with Crippen molar-refractivity contribution in [2.45, 2.75) is 68.5 Å². The Balaban J connectivity index is 1.16. The molecule has 2 aliphatic heterocycles. The fourth-order valence-corrected chi connectivity index (χ4v) is 8.59. The Bertz CT molecular complexity index is 1550. The number of sulfonamides is 1. The number of hydrogen-bond donors (Lipinski definition) is 1. The number of hydrogen-bond acceptors (Lipinski definition) is 6. The van der Waals surface area contributed by atoms with E-state index in [-0.39, 0.29) is 23.4 Å². The molecule has 0 spiro atoms. The van der Waals surface area contributed by atoms with Crippen LogP contribution in [0.15, 0.2) is 77.7 Å². The van der Waals surface area contributed by atoms with Gasteiger partial charge in [0.15, 0.2) is 0 Å². The standard InChI is InChI=1S/C36H45ClN4O4S/c37-31-12-10-30(11-13-31)29-8-6-27(7-9-29)24-39-22-23-41(35(25-39)36(42)40-20-18-32(38)19-21-40)46(43,44)34-16-14-33(15-17-34)45-26-28-4-2-1-3-5-28/h6-17,28,32,35H,1-5,18-26,38H2/t35-/m0/s1. The third kappa shape index (κ3) is 7.94. The van der Waals surface area contributed by atoms with Crippen LogP contribution in [0.2, 0.25) is 5.02 Å². The van der Waals surface area contributed by atoms with Gasteiger partial charge >= 0.3 is 0 Å². The molecule has 8 nitrogen and oxygen atoms in total. The Morgan fingerprint density at radius 1 is 0.804 bits per heavy atom.